The SMILES string of the molecule is O=C(Nc1cccc(S(=O)(=O)N2CCCCC2)c1)C1CCCN1S(=O)(=O)c1ccccc1C(F)(F)F. The molecule has 2 aliphatic heterocycles. The van der Waals surface area contributed by atoms with Gasteiger partial charge in [-0.05, 0) is 56.0 Å². The Bertz CT molecular complexity index is 1340. The third kappa shape index (κ3) is 5.29. The van der Waals surface area contributed by atoms with Gasteiger partial charge in [0.2, 0.25) is 26.0 Å². The van der Waals surface area contributed by atoms with Crippen molar-refractivity contribution in [2.45, 2.75) is 54.1 Å². The average molecular weight is 546 g/mol. The summed E-state index contributed by atoms with van der Waals surface area (Å²) in [4.78, 5) is 12.1. The molecule has 2 aromatic carbocycles. The van der Waals surface area contributed by atoms with Gasteiger partial charge in [-0.1, -0.05) is 24.6 Å². The molecule has 36 heavy (non-hydrogen) atoms. The Kier molecular flexibility index (Phi) is 7.47. The smallest absolute Gasteiger partial charge is 0.325 e. The molecule has 2 fully saturated rings. The fraction of sp³-hybridized carbons (Fsp3) is 0.435. The van der Waals surface area contributed by atoms with Crippen molar-refractivity contribution in [2.24, 2.45) is 0 Å². The Hall–Kier alpha value is -2.48. The second kappa shape index (κ2) is 10.1. The van der Waals surface area contributed by atoms with Gasteiger partial charge < -0.3 is 5.32 Å². The second-order valence-electron chi connectivity index (χ2n) is 8.75. The molecular weight excluding hydrogens is 519 g/mol. The number of sulfonamides is 2. The standard InChI is InChI=1S/C23H26F3N3O5S2/c24-23(25,26)19-10-2-3-12-21(19)36(33,34)29-15-7-11-20(29)22(30)27-17-8-6-9-18(16-17)35(31,32)28-13-4-1-5-14-28/h2-3,6,8-10,12,16,20H,1,4-5,7,11,13-15H2,(H,27,30). The predicted molar refractivity (Wildman–Crippen MR) is 126 cm³/mol. The summed E-state index contributed by atoms with van der Waals surface area (Å²) in [5.41, 5.74) is -1.15. The van der Waals surface area contributed by atoms with E-state index in [0.717, 1.165) is 35.7 Å². The highest BCUT2D eigenvalue weighted by Gasteiger charge is 2.44. The van der Waals surface area contributed by atoms with Gasteiger partial charge in [-0.15, -0.1) is 0 Å². The topological polar surface area (TPSA) is 104 Å². The normalized spacial score (nSPS) is 20.4. The molecule has 2 aromatic rings. The lowest BCUT2D eigenvalue weighted by Gasteiger charge is -2.26. The maximum absolute atomic E-state index is 13.5. The molecule has 4 rings (SSSR count). The molecule has 196 valence electrons. The molecule has 0 saturated carbocycles. The van der Waals surface area contributed by atoms with Gasteiger partial charge in [0.05, 0.1) is 15.4 Å². The first-order valence-corrected chi connectivity index (χ1v) is 14.4. The highest BCUT2D eigenvalue weighted by molar-refractivity contribution is 7.89. The van der Waals surface area contributed by atoms with E-state index in [1.165, 1.54) is 34.6 Å². The zero-order valence-electron chi connectivity index (χ0n) is 19.2. The number of nitrogens with zero attached hydrogens (tertiary/aromatic N) is 2. The molecule has 8 nitrogen and oxygen atoms in total. The molecule has 2 aliphatic rings. The van der Waals surface area contributed by atoms with Crippen molar-refractivity contribution in [2.75, 3.05) is 25.0 Å². The van der Waals surface area contributed by atoms with E-state index in [0.29, 0.717) is 19.2 Å². The zero-order chi connectivity index (χ0) is 26.1. The molecule has 0 aliphatic carbocycles. The van der Waals surface area contributed by atoms with Crippen LogP contribution in [0, 0.1) is 0 Å². The molecule has 0 spiro atoms. The van der Waals surface area contributed by atoms with Crippen LogP contribution in [0.15, 0.2) is 58.3 Å². The van der Waals surface area contributed by atoms with Crippen LogP contribution in [0.3, 0.4) is 0 Å². The van der Waals surface area contributed by atoms with Crippen molar-refractivity contribution in [1.82, 2.24) is 8.61 Å². The van der Waals surface area contributed by atoms with Crippen LogP contribution in [0.4, 0.5) is 18.9 Å². The molecule has 0 aromatic heterocycles. The van der Waals surface area contributed by atoms with E-state index >= 15 is 0 Å². The quantitative estimate of drug-likeness (QED) is 0.597. The molecule has 2 saturated heterocycles. The van der Waals surface area contributed by atoms with E-state index in [1.807, 2.05) is 0 Å². The number of carbonyl (C=O) groups excluding carboxylic acids is 1. The summed E-state index contributed by atoms with van der Waals surface area (Å²) in [6.07, 6.45) is -2.00. The van der Waals surface area contributed by atoms with Crippen LogP contribution in [-0.4, -0.2) is 57.0 Å². The van der Waals surface area contributed by atoms with Crippen LogP contribution >= 0.6 is 0 Å². The van der Waals surface area contributed by atoms with Gasteiger partial charge in [-0.3, -0.25) is 4.79 Å². The summed E-state index contributed by atoms with van der Waals surface area (Å²) in [6, 6.07) is 8.28. The first kappa shape index (κ1) is 26.6. The maximum atomic E-state index is 13.5. The monoisotopic (exact) mass is 545 g/mol. The number of hydrogen-bond acceptors (Lipinski definition) is 5. The van der Waals surface area contributed by atoms with Crippen molar-refractivity contribution < 1.29 is 34.8 Å². The lowest BCUT2D eigenvalue weighted by atomic mass is 10.2. The molecule has 0 radical (unpaired) electrons. The highest BCUT2D eigenvalue weighted by Crippen LogP contribution is 2.37. The number of alkyl halides is 3. The number of carbonyl (C=O) groups is 1. The summed E-state index contributed by atoms with van der Waals surface area (Å²) < 4.78 is 94.9. The van der Waals surface area contributed by atoms with E-state index in [2.05, 4.69) is 5.32 Å². The number of benzene rings is 2. The van der Waals surface area contributed by atoms with Crippen molar-refractivity contribution in [3.63, 3.8) is 0 Å². The van der Waals surface area contributed by atoms with Crippen LogP contribution < -0.4 is 5.32 Å². The van der Waals surface area contributed by atoms with Crippen molar-refractivity contribution >= 4 is 31.6 Å². The average Bonchev–Trinajstić information content (AvgIpc) is 3.36. The number of halogens is 3. The number of anilines is 1. The van der Waals surface area contributed by atoms with Crippen LogP contribution in [0.25, 0.3) is 0 Å². The number of hydrogen-bond donors (Lipinski definition) is 1. The Morgan fingerprint density at radius 3 is 2.25 bits per heavy atom. The van der Waals surface area contributed by atoms with E-state index in [9.17, 15) is 34.8 Å². The molecule has 1 atom stereocenters. The summed E-state index contributed by atoms with van der Waals surface area (Å²) in [5, 5.41) is 2.55. The summed E-state index contributed by atoms with van der Waals surface area (Å²) in [5.74, 6) is -0.743. The molecule has 13 heteroatoms. The third-order valence-electron chi connectivity index (χ3n) is 6.34. The second-order valence-corrected chi connectivity index (χ2v) is 12.5. The number of piperidine rings is 1. The summed E-state index contributed by atoms with van der Waals surface area (Å²) >= 11 is 0. The lowest BCUT2D eigenvalue weighted by molar-refractivity contribution is -0.139. The van der Waals surface area contributed by atoms with Gasteiger partial charge in [0.15, 0.2) is 0 Å². The fourth-order valence-electron chi connectivity index (χ4n) is 4.56. The van der Waals surface area contributed by atoms with Crippen LogP contribution in [0.1, 0.15) is 37.7 Å². The number of amides is 1. The fourth-order valence-corrected chi connectivity index (χ4v) is 7.99. The van der Waals surface area contributed by atoms with Gasteiger partial charge in [0.25, 0.3) is 0 Å². The van der Waals surface area contributed by atoms with E-state index in [1.54, 1.807) is 0 Å². The number of nitrogens with one attached hydrogen (secondary N) is 1. The molecule has 2 heterocycles. The Balaban J connectivity index is 1.56. The van der Waals surface area contributed by atoms with Crippen molar-refractivity contribution in [1.29, 1.82) is 0 Å². The minimum absolute atomic E-state index is 0.00259. The minimum atomic E-state index is -4.89. The minimum Gasteiger partial charge on any atom is -0.325 e. The molecular formula is C23H26F3N3O5S2. The van der Waals surface area contributed by atoms with Crippen molar-refractivity contribution in [3.05, 3.63) is 54.1 Å². The Morgan fingerprint density at radius 1 is 0.861 bits per heavy atom. The third-order valence-corrected chi connectivity index (χ3v) is 10.2. The first-order valence-electron chi connectivity index (χ1n) is 11.5. The Morgan fingerprint density at radius 2 is 1.56 bits per heavy atom. The van der Waals surface area contributed by atoms with E-state index in [-0.39, 0.29) is 30.0 Å². The van der Waals surface area contributed by atoms with Gasteiger partial charge in [-0.25, -0.2) is 16.8 Å². The van der Waals surface area contributed by atoms with Crippen LogP contribution in [0.5, 0.6) is 0 Å². The molecule has 1 amide bonds. The predicted octanol–water partition coefficient (Wildman–Crippen LogP) is 3.67. The lowest BCUT2D eigenvalue weighted by Crippen LogP contribution is -2.43. The van der Waals surface area contributed by atoms with Gasteiger partial charge in [0, 0.05) is 25.3 Å². The van der Waals surface area contributed by atoms with Crippen LogP contribution in [-0.2, 0) is 31.0 Å². The van der Waals surface area contributed by atoms with E-state index < -0.39 is 48.6 Å². The molecule has 1 N–H and O–H groups in total. The summed E-state index contributed by atoms with van der Waals surface area (Å²) in [7, 11) is -8.39. The first-order chi connectivity index (χ1) is 16.9. The highest BCUT2D eigenvalue weighted by atomic mass is 32.2. The van der Waals surface area contributed by atoms with Gasteiger partial charge >= 0.3 is 6.18 Å². The van der Waals surface area contributed by atoms with E-state index in [4.69, 9.17) is 0 Å². The maximum Gasteiger partial charge on any atom is 0.417 e. The van der Waals surface area contributed by atoms with Gasteiger partial charge in [-0.2, -0.15) is 21.8 Å². The largest absolute Gasteiger partial charge is 0.417 e. The number of rotatable bonds is 6. The molecule has 1 unspecified atom stereocenters. The van der Waals surface area contributed by atoms with Crippen molar-refractivity contribution in [3.8, 4) is 0 Å². The Labute approximate surface area is 208 Å². The molecule has 0 bridgehead atoms. The van der Waals surface area contributed by atoms with Crippen LogP contribution in [0.2, 0.25) is 0 Å². The zero-order valence-corrected chi connectivity index (χ0v) is 20.9. The summed E-state index contributed by atoms with van der Waals surface area (Å²) in [6.45, 7) is 0.705. The van der Waals surface area contributed by atoms with Gasteiger partial charge in [0.1, 0.15) is 6.04 Å².